The molecule has 0 aliphatic heterocycles. The molecule has 0 saturated heterocycles. The number of hydrogen-bond donors (Lipinski definition) is 0. The fraction of sp³-hybridized carbons (Fsp3) is 1.00. The van der Waals surface area contributed by atoms with Crippen molar-refractivity contribution in [2.75, 3.05) is 27.4 Å². The number of unbranched alkanes of at least 4 members (excludes halogenated alkanes) is 9. The van der Waals surface area contributed by atoms with Crippen molar-refractivity contribution in [3.63, 3.8) is 0 Å². The van der Waals surface area contributed by atoms with Gasteiger partial charge in [0, 0.05) is 14.2 Å². The second kappa shape index (κ2) is 18.2. The lowest BCUT2D eigenvalue weighted by Crippen LogP contribution is -2.50. The first-order valence-electron chi connectivity index (χ1n) is 11.1. The number of hydrogen-bond acceptors (Lipinski definition) is 4. The highest BCUT2D eigenvalue weighted by atomic mass is 16.9. The molecule has 0 saturated carbocycles. The summed E-state index contributed by atoms with van der Waals surface area (Å²) >= 11 is 0. The largest absolute Gasteiger partial charge is 0.373 e. The summed E-state index contributed by atoms with van der Waals surface area (Å²) in [5, 5.41) is 0. The predicted octanol–water partition coefficient (Wildman–Crippen LogP) is 6.47. The van der Waals surface area contributed by atoms with Crippen molar-refractivity contribution in [1.29, 1.82) is 0 Å². The van der Waals surface area contributed by atoms with Crippen LogP contribution >= 0.6 is 0 Å². The third-order valence-electron chi connectivity index (χ3n) is 4.89. The molecule has 0 aromatic heterocycles. The van der Waals surface area contributed by atoms with Crippen molar-refractivity contribution in [1.82, 2.24) is 0 Å². The Morgan fingerprint density at radius 3 is 1.54 bits per heavy atom. The maximum atomic E-state index is 6.14. The molecule has 0 heterocycles. The first-order valence-corrected chi connectivity index (χ1v) is 11.1. The first-order chi connectivity index (χ1) is 12.7. The molecule has 1 atom stereocenters. The van der Waals surface area contributed by atoms with Crippen LogP contribution in [0.2, 0.25) is 0 Å². The van der Waals surface area contributed by atoms with E-state index in [9.17, 15) is 0 Å². The maximum Gasteiger partial charge on any atom is 0.310 e. The lowest BCUT2D eigenvalue weighted by atomic mass is 10.1. The fourth-order valence-corrected chi connectivity index (χ4v) is 3.16. The smallest absolute Gasteiger partial charge is 0.310 e. The standard InChI is InChI=1S/C22H46O4/c1-6-9-12-13-14-15-18-21(23-4)22(24-5,25-19-16-10-7-2)26-20-17-11-8-3/h21H,6-20H2,1-5H3. The van der Waals surface area contributed by atoms with Crippen LogP contribution < -0.4 is 0 Å². The van der Waals surface area contributed by atoms with Gasteiger partial charge in [-0.1, -0.05) is 85.0 Å². The van der Waals surface area contributed by atoms with Gasteiger partial charge < -0.3 is 18.9 Å². The average Bonchev–Trinajstić information content (AvgIpc) is 2.67. The minimum absolute atomic E-state index is 0.193. The van der Waals surface area contributed by atoms with Crippen LogP contribution in [0.3, 0.4) is 0 Å². The van der Waals surface area contributed by atoms with Crippen molar-refractivity contribution in [2.24, 2.45) is 0 Å². The molecule has 0 bridgehead atoms. The zero-order valence-electron chi connectivity index (χ0n) is 18.3. The Labute approximate surface area is 163 Å². The molecule has 0 aliphatic carbocycles. The van der Waals surface area contributed by atoms with E-state index in [4.69, 9.17) is 18.9 Å². The van der Waals surface area contributed by atoms with E-state index in [-0.39, 0.29) is 6.10 Å². The van der Waals surface area contributed by atoms with Gasteiger partial charge in [0.25, 0.3) is 0 Å². The van der Waals surface area contributed by atoms with E-state index in [2.05, 4.69) is 20.8 Å². The van der Waals surface area contributed by atoms with E-state index in [0.717, 1.165) is 38.5 Å². The van der Waals surface area contributed by atoms with Gasteiger partial charge in [0.15, 0.2) is 0 Å². The van der Waals surface area contributed by atoms with Crippen LogP contribution in [0.4, 0.5) is 0 Å². The highest BCUT2D eigenvalue weighted by Gasteiger charge is 2.42. The molecule has 0 N–H and O–H groups in total. The first kappa shape index (κ1) is 25.8. The zero-order valence-corrected chi connectivity index (χ0v) is 18.3. The highest BCUT2D eigenvalue weighted by Crippen LogP contribution is 2.27. The Bertz CT molecular complexity index is 271. The summed E-state index contributed by atoms with van der Waals surface area (Å²) in [6, 6.07) is 0. The van der Waals surface area contributed by atoms with Crippen LogP contribution in [0.5, 0.6) is 0 Å². The summed E-state index contributed by atoms with van der Waals surface area (Å²) in [7, 11) is 3.41. The molecule has 0 aliphatic rings. The molecule has 1 unspecified atom stereocenters. The lowest BCUT2D eigenvalue weighted by molar-refractivity contribution is -0.409. The van der Waals surface area contributed by atoms with Crippen LogP contribution in [0.15, 0.2) is 0 Å². The molecular formula is C22H46O4. The van der Waals surface area contributed by atoms with E-state index < -0.39 is 5.97 Å². The summed E-state index contributed by atoms with van der Waals surface area (Å²) in [6.45, 7) is 7.93. The summed E-state index contributed by atoms with van der Waals surface area (Å²) < 4.78 is 23.8. The normalized spacial score (nSPS) is 13.3. The molecule has 0 amide bonds. The molecule has 0 fully saturated rings. The van der Waals surface area contributed by atoms with E-state index in [0.29, 0.717) is 13.2 Å². The van der Waals surface area contributed by atoms with E-state index in [1.54, 1.807) is 14.2 Å². The fourth-order valence-electron chi connectivity index (χ4n) is 3.16. The van der Waals surface area contributed by atoms with Crippen LogP contribution in [-0.2, 0) is 18.9 Å². The highest BCUT2D eigenvalue weighted by molar-refractivity contribution is 4.72. The summed E-state index contributed by atoms with van der Waals surface area (Å²) in [5.74, 6) is -1.07. The van der Waals surface area contributed by atoms with Gasteiger partial charge in [-0.25, -0.2) is 0 Å². The van der Waals surface area contributed by atoms with Gasteiger partial charge in [-0.15, -0.1) is 0 Å². The van der Waals surface area contributed by atoms with Gasteiger partial charge >= 0.3 is 5.97 Å². The Balaban J connectivity index is 4.63. The van der Waals surface area contributed by atoms with Gasteiger partial charge in [0.05, 0.1) is 13.2 Å². The topological polar surface area (TPSA) is 36.9 Å². The summed E-state index contributed by atoms with van der Waals surface area (Å²) in [5.41, 5.74) is 0. The van der Waals surface area contributed by atoms with Gasteiger partial charge in [-0.3, -0.25) is 0 Å². The van der Waals surface area contributed by atoms with Crippen LogP contribution in [0.1, 0.15) is 104 Å². The van der Waals surface area contributed by atoms with Crippen molar-refractivity contribution in [3.8, 4) is 0 Å². The van der Waals surface area contributed by atoms with Gasteiger partial charge in [-0.2, -0.15) is 0 Å². The molecule has 26 heavy (non-hydrogen) atoms. The Kier molecular flexibility index (Phi) is 18.1. The summed E-state index contributed by atoms with van der Waals surface area (Å²) in [6.07, 6.45) is 15.0. The van der Waals surface area contributed by atoms with Gasteiger partial charge in [0.1, 0.15) is 6.10 Å². The summed E-state index contributed by atoms with van der Waals surface area (Å²) in [4.78, 5) is 0. The number of methoxy groups -OCH3 is 2. The molecule has 4 heteroatoms. The van der Waals surface area contributed by atoms with E-state index >= 15 is 0 Å². The molecule has 0 spiro atoms. The number of ether oxygens (including phenoxy) is 4. The van der Waals surface area contributed by atoms with Crippen LogP contribution in [0.25, 0.3) is 0 Å². The Morgan fingerprint density at radius 2 is 1.08 bits per heavy atom. The van der Waals surface area contributed by atoms with Crippen LogP contribution in [0, 0.1) is 0 Å². The SMILES string of the molecule is CCCCCCCCC(OC)C(OC)(OCCCCC)OCCCCC. The molecular weight excluding hydrogens is 328 g/mol. The van der Waals surface area contributed by atoms with Crippen molar-refractivity contribution >= 4 is 0 Å². The second-order valence-corrected chi connectivity index (χ2v) is 7.20. The predicted molar refractivity (Wildman–Crippen MR) is 109 cm³/mol. The quantitative estimate of drug-likeness (QED) is 0.181. The minimum Gasteiger partial charge on any atom is -0.373 e. The van der Waals surface area contributed by atoms with E-state index in [1.807, 2.05) is 0 Å². The average molecular weight is 375 g/mol. The Morgan fingerprint density at radius 1 is 0.615 bits per heavy atom. The van der Waals surface area contributed by atoms with Gasteiger partial charge in [0.2, 0.25) is 0 Å². The van der Waals surface area contributed by atoms with Gasteiger partial charge in [-0.05, 0) is 19.3 Å². The minimum atomic E-state index is -1.07. The second-order valence-electron chi connectivity index (χ2n) is 7.20. The molecule has 0 aromatic carbocycles. The lowest BCUT2D eigenvalue weighted by Gasteiger charge is -2.37. The third-order valence-corrected chi connectivity index (χ3v) is 4.89. The molecule has 158 valence electrons. The zero-order chi connectivity index (χ0) is 19.5. The number of rotatable bonds is 20. The third kappa shape index (κ3) is 11.5. The Hall–Kier alpha value is -0.160. The van der Waals surface area contributed by atoms with Crippen LogP contribution in [-0.4, -0.2) is 39.5 Å². The molecule has 0 rings (SSSR count). The van der Waals surface area contributed by atoms with Crippen molar-refractivity contribution in [3.05, 3.63) is 0 Å². The van der Waals surface area contributed by atoms with Crippen molar-refractivity contribution < 1.29 is 18.9 Å². The molecule has 0 aromatic rings. The molecule has 4 nitrogen and oxygen atoms in total. The molecule has 0 radical (unpaired) electrons. The van der Waals surface area contributed by atoms with Crippen molar-refractivity contribution in [2.45, 2.75) is 116 Å². The maximum absolute atomic E-state index is 6.14. The monoisotopic (exact) mass is 374 g/mol. The van der Waals surface area contributed by atoms with E-state index in [1.165, 1.54) is 44.9 Å².